The number of benzene rings is 2. The van der Waals surface area contributed by atoms with E-state index in [4.69, 9.17) is 9.47 Å². The molecule has 1 amide bonds. The fraction of sp³-hybridized carbons (Fsp3) is 0.158. The van der Waals surface area contributed by atoms with Crippen LogP contribution in [0.5, 0.6) is 0 Å². The predicted molar refractivity (Wildman–Crippen MR) is 98.4 cm³/mol. The Hall–Kier alpha value is -2.60. The van der Waals surface area contributed by atoms with Crippen molar-refractivity contribution < 1.29 is 19.1 Å². The Kier molecular flexibility index (Phi) is 7.72. The predicted octanol–water partition coefficient (Wildman–Crippen LogP) is 4.05. The first-order valence-electron chi connectivity index (χ1n) is 7.66. The molecule has 130 valence electrons. The van der Waals surface area contributed by atoms with Crippen molar-refractivity contribution >= 4 is 28.0 Å². The van der Waals surface area contributed by atoms with Crippen molar-refractivity contribution in [2.45, 2.75) is 6.61 Å². The van der Waals surface area contributed by atoms with Crippen LogP contribution in [0, 0.1) is 0 Å². The van der Waals surface area contributed by atoms with E-state index in [0.29, 0.717) is 10.0 Å². The van der Waals surface area contributed by atoms with Crippen LogP contribution in [0.2, 0.25) is 0 Å². The number of esters is 1. The molecule has 0 aliphatic carbocycles. The van der Waals surface area contributed by atoms with Gasteiger partial charge in [0.1, 0.15) is 13.2 Å². The molecule has 0 atom stereocenters. The number of carbonyl (C=O) groups is 2. The van der Waals surface area contributed by atoms with Crippen molar-refractivity contribution in [1.29, 1.82) is 0 Å². The third-order valence-electron chi connectivity index (χ3n) is 3.13. The summed E-state index contributed by atoms with van der Waals surface area (Å²) in [6.07, 6.45) is 1.18. The number of amides is 1. The van der Waals surface area contributed by atoms with Crippen molar-refractivity contribution in [3.63, 3.8) is 0 Å². The highest BCUT2D eigenvalue weighted by Crippen LogP contribution is 2.08. The van der Waals surface area contributed by atoms with Gasteiger partial charge < -0.3 is 14.8 Å². The maximum Gasteiger partial charge on any atom is 0.407 e. The molecule has 2 rings (SSSR count). The maximum absolute atomic E-state index is 11.8. The van der Waals surface area contributed by atoms with Gasteiger partial charge in [-0.2, -0.15) is 0 Å². The van der Waals surface area contributed by atoms with Gasteiger partial charge in [0, 0.05) is 11.0 Å². The van der Waals surface area contributed by atoms with Crippen molar-refractivity contribution in [3.8, 4) is 0 Å². The summed E-state index contributed by atoms with van der Waals surface area (Å²) in [5.74, 6) is -0.402. The highest BCUT2D eigenvalue weighted by molar-refractivity contribution is 9.11. The summed E-state index contributed by atoms with van der Waals surface area (Å²) in [6, 6.07) is 18.2. The Labute approximate surface area is 154 Å². The molecule has 0 saturated carbocycles. The lowest BCUT2D eigenvalue weighted by molar-refractivity contribution is 0.0547. The fourth-order valence-electron chi connectivity index (χ4n) is 1.87. The molecule has 0 aliphatic heterocycles. The topological polar surface area (TPSA) is 64.6 Å². The zero-order valence-electron chi connectivity index (χ0n) is 13.5. The molecule has 2 aromatic rings. The number of carbonyl (C=O) groups excluding carboxylic acids is 2. The van der Waals surface area contributed by atoms with Crippen molar-refractivity contribution in [2.24, 2.45) is 0 Å². The third kappa shape index (κ3) is 7.22. The van der Waals surface area contributed by atoms with Crippen LogP contribution in [0.4, 0.5) is 4.79 Å². The number of hydrogen-bond donors (Lipinski definition) is 1. The van der Waals surface area contributed by atoms with Crippen LogP contribution in [0.15, 0.2) is 71.2 Å². The molecule has 0 aromatic heterocycles. The molecule has 0 bridgehead atoms. The van der Waals surface area contributed by atoms with E-state index in [1.165, 1.54) is 0 Å². The van der Waals surface area contributed by atoms with Crippen LogP contribution in [-0.2, 0) is 16.1 Å². The van der Waals surface area contributed by atoms with E-state index in [-0.39, 0.29) is 19.8 Å². The average molecular weight is 404 g/mol. The molecule has 5 nitrogen and oxygen atoms in total. The van der Waals surface area contributed by atoms with Gasteiger partial charge in [-0.05, 0) is 17.7 Å². The summed E-state index contributed by atoms with van der Waals surface area (Å²) < 4.78 is 10.9. The minimum atomic E-state index is -0.512. The number of halogens is 1. The van der Waals surface area contributed by atoms with Crippen LogP contribution in [-0.4, -0.2) is 25.2 Å². The van der Waals surface area contributed by atoms with E-state index < -0.39 is 12.1 Å². The summed E-state index contributed by atoms with van der Waals surface area (Å²) in [7, 11) is 0. The summed E-state index contributed by atoms with van der Waals surface area (Å²) in [5, 5.41) is 2.60. The second kappa shape index (κ2) is 10.3. The van der Waals surface area contributed by atoms with Gasteiger partial charge in [0.05, 0.1) is 5.56 Å². The zero-order chi connectivity index (χ0) is 17.9. The van der Waals surface area contributed by atoms with E-state index >= 15 is 0 Å². The molecular weight excluding hydrogens is 386 g/mol. The van der Waals surface area contributed by atoms with Gasteiger partial charge in [-0.1, -0.05) is 70.5 Å². The zero-order valence-corrected chi connectivity index (χ0v) is 15.1. The molecule has 0 heterocycles. The summed E-state index contributed by atoms with van der Waals surface area (Å²) in [6.45, 7) is 0.567. The Morgan fingerprint density at radius 1 is 0.960 bits per heavy atom. The molecule has 0 saturated heterocycles. The van der Waals surface area contributed by atoms with Gasteiger partial charge >= 0.3 is 12.1 Å². The molecule has 25 heavy (non-hydrogen) atoms. The van der Waals surface area contributed by atoms with E-state index in [1.54, 1.807) is 30.3 Å². The molecule has 1 N–H and O–H groups in total. The van der Waals surface area contributed by atoms with Crippen LogP contribution >= 0.6 is 15.9 Å². The Morgan fingerprint density at radius 3 is 2.28 bits per heavy atom. The maximum atomic E-state index is 11.8. The lowest BCUT2D eigenvalue weighted by Gasteiger charge is -2.06. The van der Waals surface area contributed by atoms with Crippen molar-refractivity contribution in [1.82, 2.24) is 5.32 Å². The number of rotatable bonds is 7. The van der Waals surface area contributed by atoms with Gasteiger partial charge in [0.2, 0.25) is 0 Å². The highest BCUT2D eigenvalue weighted by Gasteiger charge is 2.06. The van der Waals surface area contributed by atoms with Gasteiger partial charge in [-0.25, -0.2) is 9.59 Å². The Morgan fingerprint density at radius 2 is 1.60 bits per heavy atom. The van der Waals surface area contributed by atoms with Crippen molar-refractivity contribution in [2.75, 3.05) is 13.2 Å². The first-order valence-corrected chi connectivity index (χ1v) is 8.45. The minimum absolute atomic E-state index is 0.0917. The van der Waals surface area contributed by atoms with Crippen LogP contribution in [0.3, 0.4) is 0 Å². The first kappa shape index (κ1) is 18.7. The van der Waals surface area contributed by atoms with Gasteiger partial charge in [0.15, 0.2) is 0 Å². The Bertz CT molecular complexity index is 717. The standard InChI is InChI=1S/C19H18BrNO4/c20-17(14-24-18(22)16-9-5-2-6-10-16)11-12-21-19(23)25-13-15-7-3-1-4-8-15/h1-11H,12-14H2,(H,21,23)/b17-11+. The number of hydrogen-bond acceptors (Lipinski definition) is 4. The second-order valence-corrected chi connectivity index (χ2v) is 6.05. The number of ether oxygens (including phenoxy) is 2. The van der Waals surface area contributed by atoms with Crippen LogP contribution in [0.1, 0.15) is 15.9 Å². The molecule has 0 spiro atoms. The van der Waals surface area contributed by atoms with Gasteiger partial charge in [0.25, 0.3) is 0 Å². The van der Waals surface area contributed by atoms with E-state index in [1.807, 2.05) is 36.4 Å². The molecule has 0 radical (unpaired) electrons. The SMILES string of the molecule is O=C(NC/C=C(/Br)COC(=O)c1ccccc1)OCc1ccccc1. The average Bonchev–Trinajstić information content (AvgIpc) is 2.66. The van der Waals surface area contributed by atoms with Crippen LogP contribution < -0.4 is 5.32 Å². The van der Waals surface area contributed by atoms with Gasteiger partial charge in [-0.3, -0.25) is 0 Å². The molecule has 0 aliphatic rings. The van der Waals surface area contributed by atoms with Crippen LogP contribution in [0.25, 0.3) is 0 Å². The quantitative estimate of drug-likeness (QED) is 0.708. The molecule has 2 aromatic carbocycles. The lowest BCUT2D eigenvalue weighted by Crippen LogP contribution is -2.24. The normalized spacial score (nSPS) is 10.8. The first-order chi connectivity index (χ1) is 12.1. The Balaban J connectivity index is 1.65. The van der Waals surface area contributed by atoms with E-state index in [0.717, 1.165) is 5.56 Å². The number of alkyl carbamates (subject to hydrolysis) is 1. The van der Waals surface area contributed by atoms with E-state index in [9.17, 15) is 9.59 Å². The minimum Gasteiger partial charge on any atom is -0.457 e. The molecule has 0 unspecified atom stereocenters. The van der Waals surface area contributed by atoms with E-state index in [2.05, 4.69) is 21.2 Å². The summed E-state index contributed by atoms with van der Waals surface area (Å²) in [4.78, 5) is 23.4. The molecule has 0 fully saturated rings. The molecular formula is C19H18BrNO4. The summed E-state index contributed by atoms with van der Waals surface area (Å²) in [5.41, 5.74) is 1.41. The highest BCUT2D eigenvalue weighted by atomic mass is 79.9. The number of nitrogens with one attached hydrogen (secondary N) is 1. The monoisotopic (exact) mass is 403 g/mol. The third-order valence-corrected chi connectivity index (χ3v) is 3.69. The largest absolute Gasteiger partial charge is 0.457 e. The van der Waals surface area contributed by atoms with Crippen molar-refractivity contribution in [3.05, 3.63) is 82.3 Å². The fourth-order valence-corrected chi connectivity index (χ4v) is 2.15. The smallest absolute Gasteiger partial charge is 0.407 e. The summed E-state index contributed by atoms with van der Waals surface area (Å²) >= 11 is 3.30. The lowest BCUT2D eigenvalue weighted by atomic mass is 10.2. The van der Waals surface area contributed by atoms with Gasteiger partial charge in [-0.15, -0.1) is 0 Å². The second-order valence-electron chi connectivity index (χ2n) is 5.04. The molecule has 6 heteroatoms.